The number of carbonyl (C=O) groups excluding carboxylic acids is 1. The second-order valence-electron chi connectivity index (χ2n) is 7.30. The van der Waals surface area contributed by atoms with Crippen LogP contribution in [0, 0.1) is 6.92 Å². The Morgan fingerprint density at radius 2 is 1.82 bits per heavy atom. The number of carbonyl (C=O) groups is 1. The number of urea groups is 1. The smallest absolute Gasteiger partial charge is 0.323 e. The van der Waals surface area contributed by atoms with E-state index in [4.69, 9.17) is 9.47 Å². The fraction of sp³-hybridized carbons (Fsp3) is 0.160. The van der Waals surface area contributed by atoms with Gasteiger partial charge in [0.05, 0.1) is 18.4 Å². The number of nitrogens with zero attached hydrogens (tertiary/aromatic N) is 4. The minimum atomic E-state index is -0.383. The van der Waals surface area contributed by atoms with Crippen molar-refractivity contribution < 1.29 is 14.3 Å². The molecule has 4 rings (SSSR count). The SMILES string of the molecule is CCc1ncnc(-c2cccnc2Oc2ccc(NC(=O)Nc3ccccc3OC)cc2C)n1. The van der Waals surface area contributed by atoms with E-state index in [1.54, 1.807) is 43.6 Å². The molecule has 0 bridgehead atoms. The van der Waals surface area contributed by atoms with Crippen LogP contribution in [0.1, 0.15) is 18.3 Å². The fourth-order valence-electron chi connectivity index (χ4n) is 3.25. The minimum absolute atomic E-state index is 0.383. The van der Waals surface area contributed by atoms with E-state index in [1.807, 2.05) is 38.1 Å². The Morgan fingerprint density at radius 3 is 2.62 bits per heavy atom. The normalized spacial score (nSPS) is 10.4. The Balaban J connectivity index is 1.50. The zero-order valence-corrected chi connectivity index (χ0v) is 19.1. The quantitative estimate of drug-likeness (QED) is 0.391. The summed E-state index contributed by atoms with van der Waals surface area (Å²) in [5, 5.41) is 5.60. The van der Waals surface area contributed by atoms with E-state index in [-0.39, 0.29) is 6.03 Å². The Hall–Kier alpha value is -4.53. The highest BCUT2D eigenvalue weighted by Gasteiger charge is 2.14. The number of ether oxygens (including phenoxy) is 2. The monoisotopic (exact) mass is 456 g/mol. The molecule has 172 valence electrons. The van der Waals surface area contributed by atoms with Crippen LogP contribution in [0.5, 0.6) is 17.4 Å². The van der Waals surface area contributed by atoms with Crippen LogP contribution in [0.15, 0.2) is 67.1 Å². The first-order valence-corrected chi connectivity index (χ1v) is 10.7. The number of para-hydroxylation sites is 2. The number of rotatable bonds is 7. The number of amides is 2. The van der Waals surface area contributed by atoms with Gasteiger partial charge in [-0.15, -0.1) is 0 Å². The first-order valence-electron chi connectivity index (χ1n) is 10.7. The molecular formula is C25H24N6O3. The average Bonchev–Trinajstić information content (AvgIpc) is 2.86. The number of hydrogen-bond acceptors (Lipinski definition) is 7. The summed E-state index contributed by atoms with van der Waals surface area (Å²) < 4.78 is 11.4. The van der Waals surface area contributed by atoms with Crippen molar-refractivity contribution in [2.75, 3.05) is 17.7 Å². The van der Waals surface area contributed by atoms with Crippen LogP contribution >= 0.6 is 0 Å². The highest BCUT2D eigenvalue weighted by atomic mass is 16.5. The second kappa shape index (κ2) is 10.4. The highest BCUT2D eigenvalue weighted by Crippen LogP contribution is 2.32. The largest absolute Gasteiger partial charge is 0.495 e. The highest BCUT2D eigenvalue weighted by molar-refractivity contribution is 6.00. The summed E-state index contributed by atoms with van der Waals surface area (Å²) in [5.74, 6) is 2.75. The molecule has 2 amide bonds. The molecule has 0 radical (unpaired) electrons. The molecule has 0 aliphatic carbocycles. The topological polar surface area (TPSA) is 111 Å². The van der Waals surface area contributed by atoms with Crippen LogP contribution in [0.3, 0.4) is 0 Å². The standard InChI is InChI=1S/C25H24N6O3/c1-4-22-27-15-28-23(31-22)18-8-7-13-26-24(18)34-20-12-11-17(14-16(20)2)29-25(32)30-19-9-5-6-10-21(19)33-3/h5-15H,4H2,1-3H3,(H2,29,30,32). The molecule has 2 N–H and O–H groups in total. The first-order chi connectivity index (χ1) is 16.6. The minimum Gasteiger partial charge on any atom is -0.495 e. The van der Waals surface area contributed by atoms with E-state index in [0.717, 1.165) is 5.56 Å². The van der Waals surface area contributed by atoms with E-state index in [2.05, 4.69) is 30.6 Å². The van der Waals surface area contributed by atoms with Crippen molar-refractivity contribution in [1.82, 2.24) is 19.9 Å². The molecule has 9 nitrogen and oxygen atoms in total. The number of nitrogens with one attached hydrogen (secondary N) is 2. The Labute approximate surface area is 197 Å². The van der Waals surface area contributed by atoms with Crippen LogP contribution < -0.4 is 20.1 Å². The van der Waals surface area contributed by atoms with Gasteiger partial charge in [0.2, 0.25) is 5.88 Å². The summed E-state index contributed by atoms with van der Waals surface area (Å²) in [6.45, 7) is 3.87. The van der Waals surface area contributed by atoms with Crippen LogP contribution in [-0.2, 0) is 6.42 Å². The summed E-state index contributed by atoms with van der Waals surface area (Å²) in [5.41, 5.74) is 2.67. The van der Waals surface area contributed by atoms with E-state index in [9.17, 15) is 4.79 Å². The van der Waals surface area contributed by atoms with E-state index in [1.165, 1.54) is 6.33 Å². The lowest BCUT2D eigenvalue weighted by atomic mass is 10.2. The van der Waals surface area contributed by atoms with Crippen LogP contribution in [0.2, 0.25) is 0 Å². The second-order valence-corrected chi connectivity index (χ2v) is 7.30. The van der Waals surface area contributed by atoms with E-state index >= 15 is 0 Å². The van der Waals surface area contributed by atoms with Gasteiger partial charge in [-0.05, 0) is 55.0 Å². The van der Waals surface area contributed by atoms with Gasteiger partial charge >= 0.3 is 6.03 Å². The van der Waals surface area contributed by atoms with Gasteiger partial charge < -0.3 is 20.1 Å². The van der Waals surface area contributed by atoms with Crippen molar-refractivity contribution in [2.24, 2.45) is 0 Å². The molecule has 0 fully saturated rings. The Morgan fingerprint density at radius 1 is 0.971 bits per heavy atom. The molecule has 0 spiro atoms. The predicted octanol–water partition coefficient (Wildman–Crippen LogP) is 5.25. The molecule has 0 aliphatic rings. The van der Waals surface area contributed by atoms with Gasteiger partial charge in [-0.3, -0.25) is 0 Å². The van der Waals surface area contributed by atoms with Crippen LogP contribution in [0.4, 0.5) is 16.2 Å². The molecule has 0 unspecified atom stereocenters. The van der Waals surface area contributed by atoms with Crippen molar-refractivity contribution in [1.29, 1.82) is 0 Å². The number of hydrogen-bond donors (Lipinski definition) is 2. The van der Waals surface area contributed by atoms with Gasteiger partial charge in [0.15, 0.2) is 5.82 Å². The number of pyridine rings is 1. The third-order valence-corrected chi connectivity index (χ3v) is 4.94. The predicted molar refractivity (Wildman–Crippen MR) is 129 cm³/mol. The fourth-order valence-corrected chi connectivity index (χ4v) is 3.25. The van der Waals surface area contributed by atoms with Gasteiger partial charge in [-0.25, -0.2) is 24.7 Å². The molecule has 0 saturated heterocycles. The summed E-state index contributed by atoms with van der Waals surface area (Å²) in [4.78, 5) is 29.7. The van der Waals surface area contributed by atoms with Gasteiger partial charge in [-0.2, -0.15) is 0 Å². The van der Waals surface area contributed by atoms with Gasteiger partial charge in [-0.1, -0.05) is 19.1 Å². The average molecular weight is 457 g/mol. The first kappa shape index (κ1) is 22.7. The zero-order chi connectivity index (χ0) is 23.9. The molecule has 0 atom stereocenters. The van der Waals surface area contributed by atoms with E-state index in [0.29, 0.717) is 52.4 Å². The summed E-state index contributed by atoms with van der Waals surface area (Å²) in [6.07, 6.45) is 3.83. The maximum atomic E-state index is 12.5. The molecule has 0 aliphatic heterocycles. The summed E-state index contributed by atoms with van der Waals surface area (Å²) >= 11 is 0. The number of anilines is 2. The lowest BCUT2D eigenvalue weighted by Crippen LogP contribution is -2.19. The van der Waals surface area contributed by atoms with Crippen molar-refractivity contribution in [3.8, 4) is 28.8 Å². The van der Waals surface area contributed by atoms with Crippen molar-refractivity contribution >= 4 is 17.4 Å². The van der Waals surface area contributed by atoms with Crippen molar-refractivity contribution in [3.63, 3.8) is 0 Å². The molecule has 2 aromatic heterocycles. The van der Waals surface area contributed by atoms with Gasteiger partial charge in [0.25, 0.3) is 0 Å². The van der Waals surface area contributed by atoms with Crippen LogP contribution in [0.25, 0.3) is 11.4 Å². The third-order valence-electron chi connectivity index (χ3n) is 4.94. The summed E-state index contributed by atoms with van der Waals surface area (Å²) in [7, 11) is 1.55. The Bertz CT molecular complexity index is 1310. The zero-order valence-electron chi connectivity index (χ0n) is 19.1. The number of benzene rings is 2. The lowest BCUT2D eigenvalue weighted by molar-refractivity contribution is 0.262. The maximum Gasteiger partial charge on any atom is 0.323 e. The molecule has 9 heteroatoms. The Kier molecular flexibility index (Phi) is 6.92. The van der Waals surface area contributed by atoms with Crippen molar-refractivity contribution in [3.05, 3.63) is 78.5 Å². The lowest BCUT2D eigenvalue weighted by Gasteiger charge is -2.14. The maximum absolute atomic E-state index is 12.5. The number of aromatic nitrogens is 4. The molecule has 2 heterocycles. The summed E-state index contributed by atoms with van der Waals surface area (Å²) in [6, 6.07) is 15.8. The van der Waals surface area contributed by atoms with E-state index < -0.39 is 0 Å². The van der Waals surface area contributed by atoms with Gasteiger partial charge in [0.1, 0.15) is 23.7 Å². The molecule has 0 saturated carbocycles. The van der Waals surface area contributed by atoms with Crippen molar-refractivity contribution in [2.45, 2.75) is 20.3 Å². The number of methoxy groups -OCH3 is 1. The molecule has 4 aromatic rings. The third kappa shape index (κ3) is 5.26. The number of aryl methyl sites for hydroxylation is 2. The molecule has 2 aromatic carbocycles. The molecule has 34 heavy (non-hydrogen) atoms. The van der Waals surface area contributed by atoms with Crippen LogP contribution in [-0.4, -0.2) is 33.1 Å². The molecular weight excluding hydrogens is 432 g/mol. The van der Waals surface area contributed by atoms with Gasteiger partial charge in [0, 0.05) is 18.3 Å².